The summed E-state index contributed by atoms with van der Waals surface area (Å²) in [6.45, 7) is 2.72. The molecule has 1 fully saturated rings. The van der Waals surface area contributed by atoms with Crippen LogP contribution in [-0.2, 0) is 9.59 Å². The van der Waals surface area contributed by atoms with Gasteiger partial charge in [-0.2, -0.15) is 0 Å². The summed E-state index contributed by atoms with van der Waals surface area (Å²) < 4.78 is 10.4. The number of carbonyl (C=O) groups excluding carboxylic acids is 2. The van der Waals surface area contributed by atoms with E-state index in [9.17, 15) is 9.59 Å². The summed E-state index contributed by atoms with van der Waals surface area (Å²) in [5.41, 5.74) is 0.576. The second-order valence-corrected chi connectivity index (χ2v) is 5.36. The van der Waals surface area contributed by atoms with Gasteiger partial charge in [0, 0.05) is 26.1 Å². The number of amides is 2. The van der Waals surface area contributed by atoms with Gasteiger partial charge in [0.2, 0.25) is 11.8 Å². The number of rotatable bonds is 4. The number of methoxy groups -OCH3 is 2. The fraction of sp³-hybridized carbons (Fsp3) is 0.500. The molecule has 22 heavy (non-hydrogen) atoms. The van der Waals surface area contributed by atoms with Gasteiger partial charge in [0.25, 0.3) is 0 Å². The second-order valence-electron chi connectivity index (χ2n) is 5.36. The maximum Gasteiger partial charge on any atom is 0.229 e. The first-order valence-electron chi connectivity index (χ1n) is 7.33. The fourth-order valence-corrected chi connectivity index (χ4v) is 2.62. The van der Waals surface area contributed by atoms with Crippen LogP contribution >= 0.6 is 0 Å². The number of hydrogen-bond acceptors (Lipinski definition) is 4. The standard InChI is InChI=1S/C16H22N2O4/c1-11(19)18-8-4-5-12(10-18)16(20)17-14-9-13(21-2)6-7-15(14)22-3/h6-7,9,12H,4-5,8,10H2,1-3H3,(H,17,20). The Balaban J connectivity index is 2.09. The minimum atomic E-state index is -0.200. The Morgan fingerprint density at radius 2 is 2.05 bits per heavy atom. The minimum absolute atomic E-state index is 0.0106. The van der Waals surface area contributed by atoms with E-state index < -0.39 is 0 Å². The zero-order valence-corrected chi connectivity index (χ0v) is 13.2. The molecule has 1 aliphatic rings. The minimum Gasteiger partial charge on any atom is -0.497 e. The van der Waals surface area contributed by atoms with Crippen LogP contribution in [0.25, 0.3) is 0 Å². The average molecular weight is 306 g/mol. The molecule has 0 bridgehead atoms. The van der Waals surface area contributed by atoms with Crippen LogP contribution in [0.3, 0.4) is 0 Å². The molecule has 0 saturated carbocycles. The Morgan fingerprint density at radius 3 is 2.68 bits per heavy atom. The molecule has 1 saturated heterocycles. The summed E-state index contributed by atoms with van der Waals surface area (Å²) in [7, 11) is 3.12. The molecule has 6 heteroatoms. The predicted molar refractivity (Wildman–Crippen MR) is 83.2 cm³/mol. The highest BCUT2D eigenvalue weighted by Crippen LogP contribution is 2.30. The number of piperidine rings is 1. The molecule has 6 nitrogen and oxygen atoms in total. The van der Waals surface area contributed by atoms with Crippen LogP contribution in [-0.4, -0.2) is 44.0 Å². The molecule has 0 aromatic heterocycles. The number of nitrogens with zero attached hydrogens (tertiary/aromatic N) is 1. The van der Waals surface area contributed by atoms with E-state index in [0.29, 0.717) is 23.7 Å². The molecule has 1 aromatic rings. The lowest BCUT2D eigenvalue weighted by Crippen LogP contribution is -2.42. The van der Waals surface area contributed by atoms with Crippen LogP contribution in [0.1, 0.15) is 19.8 Å². The van der Waals surface area contributed by atoms with Crippen molar-refractivity contribution in [2.24, 2.45) is 5.92 Å². The van der Waals surface area contributed by atoms with Gasteiger partial charge in [-0.1, -0.05) is 0 Å². The first kappa shape index (κ1) is 16.1. The molecule has 0 radical (unpaired) electrons. The Labute approximate surface area is 130 Å². The first-order chi connectivity index (χ1) is 10.5. The van der Waals surface area contributed by atoms with Crippen molar-refractivity contribution in [3.63, 3.8) is 0 Å². The summed E-state index contributed by atoms with van der Waals surface area (Å²) in [6.07, 6.45) is 1.62. The highest BCUT2D eigenvalue weighted by Gasteiger charge is 2.27. The van der Waals surface area contributed by atoms with E-state index in [1.165, 1.54) is 6.92 Å². The van der Waals surface area contributed by atoms with Gasteiger partial charge in [-0.15, -0.1) is 0 Å². The zero-order chi connectivity index (χ0) is 16.1. The van der Waals surface area contributed by atoms with Gasteiger partial charge in [0.15, 0.2) is 0 Å². The van der Waals surface area contributed by atoms with Gasteiger partial charge in [-0.3, -0.25) is 9.59 Å². The van der Waals surface area contributed by atoms with Crippen LogP contribution in [0.4, 0.5) is 5.69 Å². The van der Waals surface area contributed by atoms with Gasteiger partial charge < -0.3 is 19.7 Å². The lowest BCUT2D eigenvalue weighted by atomic mass is 9.97. The monoisotopic (exact) mass is 306 g/mol. The number of nitrogens with one attached hydrogen (secondary N) is 1. The van der Waals surface area contributed by atoms with Crippen molar-refractivity contribution in [1.29, 1.82) is 0 Å². The number of hydrogen-bond donors (Lipinski definition) is 1. The number of anilines is 1. The molecular formula is C16H22N2O4. The normalized spacial score (nSPS) is 17.8. The third-order valence-corrected chi connectivity index (χ3v) is 3.90. The topological polar surface area (TPSA) is 67.9 Å². The Hall–Kier alpha value is -2.24. The maximum absolute atomic E-state index is 12.5. The molecule has 0 spiro atoms. The Bertz CT molecular complexity index is 559. The van der Waals surface area contributed by atoms with Crippen molar-refractivity contribution in [3.05, 3.63) is 18.2 Å². The lowest BCUT2D eigenvalue weighted by molar-refractivity contribution is -0.132. The predicted octanol–water partition coefficient (Wildman–Crippen LogP) is 1.90. The molecule has 1 atom stereocenters. The zero-order valence-electron chi connectivity index (χ0n) is 13.2. The third-order valence-electron chi connectivity index (χ3n) is 3.90. The third kappa shape index (κ3) is 3.69. The van der Waals surface area contributed by atoms with Crippen molar-refractivity contribution < 1.29 is 19.1 Å². The summed E-state index contributed by atoms with van der Waals surface area (Å²) in [6, 6.07) is 5.24. The van der Waals surface area contributed by atoms with E-state index in [4.69, 9.17) is 9.47 Å². The fourth-order valence-electron chi connectivity index (χ4n) is 2.62. The van der Waals surface area contributed by atoms with Crippen molar-refractivity contribution in [2.45, 2.75) is 19.8 Å². The molecule has 2 rings (SSSR count). The van der Waals surface area contributed by atoms with E-state index in [-0.39, 0.29) is 17.7 Å². The van der Waals surface area contributed by atoms with E-state index in [1.807, 2.05) is 0 Å². The smallest absolute Gasteiger partial charge is 0.229 e. The molecular weight excluding hydrogens is 284 g/mol. The molecule has 1 aromatic carbocycles. The Kier molecular flexibility index (Phi) is 5.25. The molecule has 1 heterocycles. The summed E-state index contributed by atoms with van der Waals surface area (Å²) in [5, 5.41) is 2.88. The number of ether oxygens (including phenoxy) is 2. The van der Waals surface area contributed by atoms with Gasteiger partial charge in [0.05, 0.1) is 25.8 Å². The molecule has 0 aliphatic carbocycles. The van der Waals surface area contributed by atoms with Crippen molar-refractivity contribution in [3.8, 4) is 11.5 Å². The molecule has 1 unspecified atom stereocenters. The van der Waals surface area contributed by atoms with E-state index in [0.717, 1.165) is 19.4 Å². The van der Waals surface area contributed by atoms with Gasteiger partial charge >= 0.3 is 0 Å². The van der Waals surface area contributed by atoms with Crippen LogP contribution < -0.4 is 14.8 Å². The molecule has 2 amide bonds. The quantitative estimate of drug-likeness (QED) is 0.922. The SMILES string of the molecule is COc1ccc(OC)c(NC(=O)C2CCCN(C(C)=O)C2)c1. The largest absolute Gasteiger partial charge is 0.497 e. The average Bonchev–Trinajstić information content (AvgIpc) is 2.54. The molecule has 1 N–H and O–H groups in total. The van der Waals surface area contributed by atoms with Crippen LogP contribution in [0, 0.1) is 5.92 Å². The van der Waals surface area contributed by atoms with E-state index in [1.54, 1.807) is 37.3 Å². The summed E-state index contributed by atoms with van der Waals surface area (Å²) in [5.74, 6) is 0.931. The Morgan fingerprint density at radius 1 is 1.27 bits per heavy atom. The van der Waals surface area contributed by atoms with Gasteiger partial charge in [-0.25, -0.2) is 0 Å². The van der Waals surface area contributed by atoms with E-state index >= 15 is 0 Å². The van der Waals surface area contributed by atoms with Crippen LogP contribution in [0.15, 0.2) is 18.2 Å². The van der Waals surface area contributed by atoms with E-state index in [2.05, 4.69) is 5.32 Å². The summed E-state index contributed by atoms with van der Waals surface area (Å²) in [4.78, 5) is 25.6. The van der Waals surface area contributed by atoms with Crippen LogP contribution in [0.5, 0.6) is 11.5 Å². The van der Waals surface area contributed by atoms with Crippen molar-refractivity contribution in [2.75, 3.05) is 32.6 Å². The highest BCUT2D eigenvalue weighted by molar-refractivity contribution is 5.94. The second kappa shape index (κ2) is 7.15. The van der Waals surface area contributed by atoms with Gasteiger partial charge in [0.1, 0.15) is 11.5 Å². The number of likely N-dealkylation sites (tertiary alicyclic amines) is 1. The summed E-state index contributed by atoms with van der Waals surface area (Å²) >= 11 is 0. The van der Waals surface area contributed by atoms with Gasteiger partial charge in [-0.05, 0) is 25.0 Å². The lowest BCUT2D eigenvalue weighted by Gasteiger charge is -2.31. The highest BCUT2D eigenvalue weighted by atomic mass is 16.5. The molecule has 1 aliphatic heterocycles. The van der Waals surface area contributed by atoms with Crippen molar-refractivity contribution in [1.82, 2.24) is 4.90 Å². The molecule has 120 valence electrons. The van der Waals surface area contributed by atoms with Crippen LogP contribution in [0.2, 0.25) is 0 Å². The van der Waals surface area contributed by atoms with Crippen molar-refractivity contribution >= 4 is 17.5 Å². The number of carbonyl (C=O) groups is 2. The first-order valence-corrected chi connectivity index (χ1v) is 7.33. The number of benzene rings is 1. The maximum atomic E-state index is 12.5.